The summed E-state index contributed by atoms with van der Waals surface area (Å²) in [6, 6.07) is 8.37. The number of aryl methyl sites for hydroxylation is 1. The number of carbonyl (C=O) groups excluding carboxylic acids is 1. The zero-order chi connectivity index (χ0) is 22.6. The summed E-state index contributed by atoms with van der Waals surface area (Å²) >= 11 is 0. The average Bonchev–Trinajstić information content (AvgIpc) is 3.36. The van der Waals surface area contributed by atoms with Gasteiger partial charge in [-0.25, -0.2) is 14.6 Å². The Morgan fingerprint density at radius 2 is 1.84 bits per heavy atom. The molecular weight excluding hydrogens is 402 g/mol. The summed E-state index contributed by atoms with van der Waals surface area (Å²) in [4.78, 5) is 34.7. The Bertz CT molecular complexity index is 1020. The van der Waals surface area contributed by atoms with Gasteiger partial charge in [0.25, 0.3) is 0 Å². The molecular formula is C22H25N3O6. The number of imidazole rings is 1. The second kappa shape index (κ2) is 12.0. The first-order chi connectivity index (χ1) is 14.9. The van der Waals surface area contributed by atoms with Crippen LogP contribution in [0.2, 0.25) is 0 Å². The number of hydrogen-bond donors (Lipinski definition) is 2. The lowest BCUT2D eigenvalue weighted by atomic mass is 10.2. The monoisotopic (exact) mass is 427 g/mol. The predicted octanol–water partition coefficient (Wildman–Crippen LogP) is 2.94. The fourth-order valence-electron chi connectivity index (χ4n) is 2.98. The number of para-hydroxylation sites is 1. The van der Waals surface area contributed by atoms with Crippen molar-refractivity contribution in [1.29, 1.82) is 0 Å². The Balaban J connectivity index is 0.000000366. The maximum atomic E-state index is 11.5. The molecule has 2 heterocycles. The number of ether oxygens (including phenoxy) is 1. The van der Waals surface area contributed by atoms with Crippen LogP contribution in [0, 0.1) is 0 Å². The zero-order valence-electron chi connectivity index (χ0n) is 17.2. The number of fused-ring (bicyclic) bond motifs is 1. The van der Waals surface area contributed by atoms with Crippen molar-refractivity contribution < 1.29 is 29.3 Å². The number of hydrogen-bond acceptors (Lipinski definition) is 5. The van der Waals surface area contributed by atoms with E-state index >= 15 is 0 Å². The van der Waals surface area contributed by atoms with Gasteiger partial charge in [0.05, 0.1) is 19.5 Å². The largest absolute Gasteiger partial charge is 0.478 e. The normalized spacial score (nSPS) is 10.6. The number of aliphatic carboxylic acids is 2. The molecule has 0 atom stereocenters. The number of benzene rings is 1. The zero-order valence-corrected chi connectivity index (χ0v) is 17.2. The molecule has 0 spiro atoms. The third-order valence-electron chi connectivity index (χ3n) is 4.24. The minimum Gasteiger partial charge on any atom is -0.478 e. The van der Waals surface area contributed by atoms with Crippen LogP contribution in [0.1, 0.15) is 25.3 Å². The molecule has 0 aliphatic heterocycles. The summed E-state index contributed by atoms with van der Waals surface area (Å²) in [5.41, 5.74) is 2.46. The van der Waals surface area contributed by atoms with E-state index in [0.29, 0.717) is 25.2 Å². The molecule has 0 aliphatic rings. The van der Waals surface area contributed by atoms with E-state index in [9.17, 15) is 14.4 Å². The van der Waals surface area contributed by atoms with Crippen LogP contribution < -0.4 is 0 Å². The second-order valence-corrected chi connectivity index (χ2v) is 6.52. The Labute approximate surface area is 179 Å². The molecule has 0 bridgehead atoms. The van der Waals surface area contributed by atoms with Crippen LogP contribution in [0.4, 0.5) is 0 Å². The maximum Gasteiger partial charge on any atom is 0.328 e. The van der Waals surface area contributed by atoms with Crippen molar-refractivity contribution in [2.45, 2.75) is 32.9 Å². The molecule has 1 aromatic carbocycles. The van der Waals surface area contributed by atoms with Crippen molar-refractivity contribution >= 4 is 28.8 Å². The predicted molar refractivity (Wildman–Crippen MR) is 114 cm³/mol. The van der Waals surface area contributed by atoms with E-state index in [1.165, 1.54) is 16.5 Å². The van der Waals surface area contributed by atoms with Gasteiger partial charge in [-0.1, -0.05) is 18.2 Å². The van der Waals surface area contributed by atoms with E-state index in [2.05, 4.69) is 38.5 Å². The molecule has 164 valence electrons. The Hall–Kier alpha value is -3.88. The van der Waals surface area contributed by atoms with Crippen molar-refractivity contribution in [3.05, 3.63) is 66.9 Å². The van der Waals surface area contributed by atoms with Crippen LogP contribution in [-0.4, -0.2) is 48.8 Å². The fourth-order valence-corrected chi connectivity index (χ4v) is 2.98. The van der Waals surface area contributed by atoms with Gasteiger partial charge in [-0.2, -0.15) is 0 Å². The number of carboxylic acids is 2. The second-order valence-electron chi connectivity index (χ2n) is 6.52. The van der Waals surface area contributed by atoms with Gasteiger partial charge in [-0.15, -0.1) is 0 Å². The summed E-state index contributed by atoms with van der Waals surface area (Å²) < 4.78 is 9.27. The van der Waals surface area contributed by atoms with E-state index < -0.39 is 11.9 Å². The van der Waals surface area contributed by atoms with Gasteiger partial charge in [0.1, 0.15) is 0 Å². The quantitative estimate of drug-likeness (QED) is 0.397. The molecule has 0 saturated heterocycles. The number of carbonyl (C=O) groups is 3. The van der Waals surface area contributed by atoms with Gasteiger partial charge in [0.2, 0.25) is 0 Å². The first kappa shape index (κ1) is 23.4. The Kier molecular flexibility index (Phi) is 9.03. The van der Waals surface area contributed by atoms with Crippen LogP contribution in [0.15, 0.2) is 61.3 Å². The standard InChI is InChI=1S/C18H21N3O2.C4H4O4/c1-2-23-18(22)8-5-10-21-13-15(12-20-11-9-19-14-20)16-6-3-4-7-17(16)21;5-3(6)1-2-4(7)8/h3-4,6-7,9,11,13-14H,2,5,8,10,12H2,1H3;1-2H,(H,5,6)(H,7,8)/b;2-1+. The van der Waals surface area contributed by atoms with Crippen LogP contribution in [-0.2, 0) is 32.2 Å². The van der Waals surface area contributed by atoms with E-state index in [1.54, 1.807) is 6.20 Å². The molecule has 9 heteroatoms. The number of carboxylic acid groups (broad SMARTS) is 2. The molecule has 0 amide bonds. The number of rotatable bonds is 9. The van der Waals surface area contributed by atoms with Crippen molar-refractivity contribution in [2.24, 2.45) is 0 Å². The molecule has 3 aromatic rings. The van der Waals surface area contributed by atoms with Crippen LogP contribution >= 0.6 is 0 Å². The lowest BCUT2D eigenvalue weighted by Crippen LogP contribution is -2.06. The molecule has 0 saturated carbocycles. The van der Waals surface area contributed by atoms with E-state index in [4.69, 9.17) is 14.9 Å². The minimum absolute atomic E-state index is 0.123. The van der Waals surface area contributed by atoms with Crippen LogP contribution in [0.25, 0.3) is 10.9 Å². The van der Waals surface area contributed by atoms with Gasteiger partial charge in [0.15, 0.2) is 0 Å². The highest BCUT2D eigenvalue weighted by molar-refractivity contribution is 5.89. The molecule has 31 heavy (non-hydrogen) atoms. The van der Waals surface area contributed by atoms with Crippen molar-refractivity contribution in [2.75, 3.05) is 6.61 Å². The molecule has 2 N–H and O–H groups in total. The molecule has 0 radical (unpaired) electrons. The summed E-state index contributed by atoms with van der Waals surface area (Å²) in [6.07, 6.45) is 10.1. The van der Waals surface area contributed by atoms with Crippen LogP contribution in [0.3, 0.4) is 0 Å². The molecule has 9 nitrogen and oxygen atoms in total. The fraction of sp³-hybridized carbons (Fsp3) is 0.273. The highest BCUT2D eigenvalue weighted by atomic mass is 16.5. The smallest absolute Gasteiger partial charge is 0.328 e. The first-order valence-corrected chi connectivity index (χ1v) is 9.72. The van der Waals surface area contributed by atoms with E-state index in [-0.39, 0.29) is 5.97 Å². The van der Waals surface area contributed by atoms with E-state index in [0.717, 1.165) is 19.5 Å². The highest BCUT2D eigenvalue weighted by Gasteiger charge is 2.09. The molecule has 0 aliphatic carbocycles. The lowest BCUT2D eigenvalue weighted by molar-refractivity contribution is -0.143. The number of nitrogens with zero attached hydrogens (tertiary/aromatic N) is 3. The third kappa shape index (κ3) is 7.81. The first-order valence-electron chi connectivity index (χ1n) is 9.72. The van der Waals surface area contributed by atoms with Crippen molar-refractivity contribution in [3.63, 3.8) is 0 Å². The number of esters is 1. The van der Waals surface area contributed by atoms with Crippen molar-refractivity contribution in [1.82, 2.24) is 14.1 Å². The average molecular weight is 427 g/mol. The van der Waals surface area contributed by atoms with Gasteiger partial charge in [-0.05, 0) is 25.0 Å². The van der Waals surface area contributed by atoms with E-state index in [1.807, 2.05) is 25.5 Å². The third-order valence-corrected chi connectivity index (χ3v) is 4.24. The molecule has 0 unspecified atom stereocenters. The van der Waals surface area contributed by atoms with Crippen molar-refractivity contribution in [3.8, 4) is 0 Å². The Morgan fingerprint density at radius 1 is 1.13 bits per heavy atom. The Morgan fingerprint density at radius 3 is 2.45 bits per heavy atom. The van der Waals surface area contributed by atoms with Crippen LogP contribution in [0.5, 0.6) is 0 Å². The summed E-state index contributed by atoms with van der Waals surface area (Å²) in [7, 11) is 0. The topological polar surface area (TPSA) is 124 Å². The molecule has 0 fully saturated rings. The summed E-state index contributed by atoms with van der Waals surface area (Å²) in [5, 5.41) is 16.9. The molecule has 2 aromatic heterocycles. The SMILES string of the molecule is CCOC(=O)CCCn1cc(Cn2ccnc2)c2ccccc21.O=C(O)/C=C/C(=O)O. The summed E-state index contributed by atoms with van der Waals surface area (Å²) in [6.45, 7) is 3.88. The van der Waals surface area contributed by atoms with Gasteiger partial charge in [0, 0.05) is 54.6 Å². The van der Waals surface area contributed by atoms with Gasteiger partial charge < -0.3 is 24.1 Å². The maximum absolute atomic E-state index is 11.5. The van der Waals surface area contributed by atoms with Gasteiger partial charge in [-0.3, -0.25) is 4.79 Å². The molecule has 3 rings (SSSR count). The number of aromatic nitrogens is 3. The highest BCUT2D eigenvalue weighted by Crippen LogP contribution is 2.22. The lowest BCUT2D eigenvalue weighted by Gasteiger charge is -2.05. The minimum atomic E-state index is -1.26. The summed E-state index contributed by atoms with van der Waals surface area (Å²) in [5.74, 6) is -2.64. The van der Waals surface area contributed by atoms with Gasteiger partial charge >= 0.3 is 17.9 Å².